The minimum Gasteiger partial charge on any atom is -0.378 e. The second-order valence-electron chi connectivity index (χ2n) is 13.7. The molecule has 0 unspecified atom stereocenters. The predicted octanol–water partition coefficient (Wildman–Crippen LogP) is 1.82. The van der Waals surface area contributed by atoms with Crippen molar-refractivity contribution in [2.75, 3.05) is 25.5 Å². The van der Waals surface area contributed by atoms with Gasteiger partial charge in [-0.05, 0) is 54.7 Å². The summed E-state index contributed by atoms with van der Waals surface area (Å²) >= 11 is 0. The van der Waals surface area contributed by atoms with E-state index >= 15 is 0 Å². The molecule has 1 fully saturated rings. The average Bonchev–Trinajstić information content (AvgIpc) is 3.48. The highest BCUT2D eigenvalue weighted by Gasteiger charge is 2.43. The molecule has 1 saturated carbocycles. The molecule has 0 bridgehead atoms. The summed E-state index contributed by atoms with van der Waals surface area (Å²) in [5, 5.41) is 12.1. The Kier molecular flexibility index (Phi) is 13.6. The molecular weight excluding hydrogens is 689 g/mol. The molecule has 0 aliphatic heterocycles. The van der Waals surface area contributed by atoms with E-state index in [0.29, 0.717) is 36.9 Å². The normalized spacial score (nSPS) is 15.2. The minimum absolute atomic E-state index is 0.0436. The van der Waals surface area contributed by atoms with E-state index in [4.69, 9.17) is 5.73 Å². The molecule has 0 radical (unpaired) electrons. The van der Waals surface area contributed by atoms with Crippen molar-refractivity contribution >= 4 is 53.7 Å². The third kappa shape index (κ3) is 11.4. The third-order valence-corrected chi connectivity index (χ3v) is 10.00. The zero-order valence-corrected chi connectivity index (χ0v) is 30.8. The van der Waals surface area contributed by atoms with Crippen molar-refractivity contribution in [2.24, 2.45) is 5.73 Å². The van der Waals surface area contributed by atoms with Crippen molar-refractivity contribution in [3.8, 4) is 0 Å². The number of anilines is 1. The molecule has 282 valence electrons. The van der Waals surface area contributed by atoms with Crippen LogP contribution in [-0.2, 0) is 47.7 Å². The van der Waals surface area contributed by atoms with E-state index in [1.165, 1.54) is 6.92 Å². The van der Waals surface area contributed by atoms with Crippen LogP contribution >= 0.6 is 7.60 Å². The molecule has 2 aromatic carbocycles. The summed E-state index contributed by atoms with van der Waals surface area (Å²) in [5.74, 6) is -3.06. The maximum atomic E-state index is 14.0. The molecule has 1 aromatic heterocycles. The molecule has 3 aromatic rings. The number of nitrogens with zero attached hydrogens (tertiary/aromatic N) is 2. The standard InChI is InChI=1S/C36H50N7O8P/c1-24(44)39-29(20-25-8-10-26(11-9-25)23-52(49,50)51)34(47)41-36(15-5-4-6-16-36)35(48)40-30(22-32(37)45)33(46)38-17-7-18-43-19-14-27-21-28(42(2)3)12-13-31(27)43/h8-14,19,21,29-30H,4-7,15-18,20,22-23H2,1-3H3,(H2,37,45)(H,38,46)(H,39,44)(H,40,48)(H,41,47)(H2,49,50,51)/t29-,30-/m0/s1. The van der Waals surface area contributed by atoms with Crippen LogP contribution in [0.1, 0.15) is 63.0 Å². The Morgan fingerprint density at radius 1 is 0.923 bits per heavy atom. The lowest BCUT2D eigenvalue weighted by Gasteiger charge is -2.38. The van der Waals surface area contributed by atoms with Gasteiger partial charge in [0.2, 0.25) is 29.5 Å². The summed E-state index contributed by atoms with van der Waals surface area (Å²) in [6, 6.07) is 12.2. The lowest BCUT2D eigenvalue weighted by Crippen LogP contribution is -2.65. The highest BCUT2D eigenvalue weighted by molar-refractivity contribution is 7.50. The third-order valence-electron chi connectivity index (χ3n) is 9.22. The number of rotatable bonds is 17. The van der Waals surface area contributed by atoms with Gasteiger partial charge in [0.1, 0.15) is 17.6 Å². The number of carbonyl (C=O) groups is 5. The Morgan fingerprint density at radius 3 is 2.21 bits per heavy atom. The van der Waals surface area contributed by atoms with E-state index in [1.807, 2.05) is 37.3 Å². The van der Waals surface area contributed by atoms with Crippen molar-refractivity contribution in [3.05, 3.63) is 65.9 Å². The van der Waals surface area contributed by atoms with E-state index in [-0.39, 0.29) is 25.8 Å². The summed E-state index contributed by atoms with van der Waals surface area (Å²) in [6.45, 7) is 2.17. The molecule has 16 heteroatoms. The van der Waals surface area contributed by atoms with Crippen molar-refractivity contribution in [3.63, 3.8) is 0 Å². The number of hydrogen-bond acceptors (Lipinski definition) is 7. The molecule has 5 amide bonds. The van der Waals surface area contributed by atoms with Gasteiger partial charge in [0, 0.05) is 63.3 Å². The predicted molar refractivity (Wildman–Crippen MR) is 197 cm³/mol. The van der Waals surface area contributed by atoms with E-state index in [2.05, 4.69) is 38.0 Å². The van der Waals surface area contributed by atoms with E-state index in [1.54, 1.807) is 24.3 Å². The smallest absolute Gasteiger partial charge is 0.329 e. The first-order valence-corrected chi connectivity index (χ1v) is 19.2. The number of hydrogen-bond donors (Lipinski definition) is 7. The topological polar surface area (TPSA) is 225 Å². The summed E-state index contributed by atoms with van der Waals surface area (Å²) in [4.78, 5) is 85.7. The number of aromatic nitrogens is 1. The second kappa shape index (κ2) is 17.7. The first-order valence-electron chi connectivity index (χ1n) is 17.4. The lowest BCUT2D eigenvalue weighted by molar-refractivity contribution is -0.139. The number of aryl methyl sites for hydroxylation is 1. The van der Waals surface area contributed by atoms with E-state index in [9.17, 15) is 38.3 Å². The summed E-state index contributed by atoms with van der Waals surface area (Å²) in [7, 11) is -0.303. The van der Waals surface area contributed by atoms with Crippen molar-refractivity contribution in [1.29, 1.82) is 0 Å². The van der Waals surface area contributed by atoms with Gasteiger partial charge in [-0.1, -0.05) is 43.5 Å². The first kappa shape index (κ1) is 40.1. The number of nitrogens with one attached hydrogen (secondary N) is 4. The number of nitrogens with two attached hydrogens (primary N) is 1. The van der Waals surface area contributed by atoms with Gasteiger partial charge < -0.3 is 46.3 Å². The van der Waals surface area contributed by atoms with Crippen LogP contribution in [-0.4, -0.2) is 82.2 Å². The van der Waals surface area contributed by atoms with Crippen LogP contribution in [0.2, 0.25) is 0 Å². The Labute approximate surface area is 303 Å². The van der Waals surface area contributed by atoms with Crippen LogP contribution in [0.5, 0.6) is 0 Å². The van der Waals surface area contributed by atoms with Gasteiger partial charge in [-0.3, -0.25) is 28.5 Å². The zero-order chi connectivity index (χ0) is 38.1. The fraction of sp³-hybridized carbons (Fsp3) is 0.472. The molecule has 4 rings (SSSR count). The van der Waals surface area contributed by atoms with Gasteiger partial charge in [-0.25, -0.2) is 0 Å². The fourth-order valence-corrected chi connectivity index (χ4v) is 7.23. The van der Waals surface area contributed by atoms with Crippen LogP contribution in [0.15, 0.2) is 54.7 Å². The molecule has 0 saturated heterocycles. The van der Waals surface area contributed by atoms with Gasteiger partial charge in [0.05, 0.1) is 12.6 Å². The number of carbonyl (C=O) groups excluding carboxylic acids is 5. The highest BCUT2D eigenvalue weighted by Crippen LogP contribution is 2.39. The Hall–Kier alpha value is -4.72. The molecular formula is C36H50N7O8P. The maximum absolute atomic E-state index is 14.0. The molecule has 8 N–H and O–H groups in total. The molecule has 1 aliphatic carbocycles. The SMILES string of the molecule is CC(=O)N[C@@H](Cc1ccc(CP(=O)(O)O)cc1)C(=O)NC1(C(=O)N[C@@H](CC(N)=O)C(=O)NCCCn2ccc3cc(N(C)C)ccc32)CCCCC1. The summed E-state index contributed by atoms with van der Waals surface area (Å²) < 4.78 is 13.5. The van der Waals surface area contributed by atoms with Crippen molar-refractivity contribution < 1.29 is 38.3 Å². The van der Waals surface area contributed by atoms with Crippen molar-refractivity contribution in [2.45, 2.75) is 88.6 Å². The van der Waals surface area contributed by atoms with E-state index in [0.717, 1.165) is 23.0 Å². The molecule has 15 nitrogen and oxygen atoms in total. The Morgan fingerprint density at radius 2 is 1.60 bits per heavy atom. The molecule has 1 heterocycles. The van der Waals surface area contributed by atoms with Gasteiger partial charge in [-0.2, -0.15) is 0 Å². The monoisotopic (exact) mass is 739 g/mol. The molecule has 52 heavy (non-hydrogen) atoms. The van der Waals surface area contributed by atoms with Crippen LogP contribution in [0, 0.1) is 0 Å². The van der Waals surface area contributed by atoms with Crippen LogP contribution in [0.25, 0.3) is 10.9 Å². The molecule has 2 atom stereocenters. The van der Waals surface area contributed by atoms with Crippen LogP contribution in [0.3, 0.4) is 0 Å². The maximum Gasteiger partial charge on any atom is 0.329 e. The van der Waals surface area contributed by atoms with E-state index < -0.39 is 67.3 Å². The number of benzene rings is 2. The number of primary amides is 1. The summed E-state index contributed by atoms with van der Waals surface area (Å²) in [6.07, 6.45) is 4.38. The van der Waals surface area contributed by atoms with Gasteiger partial charge in [0.15, 0.2) is 0 Å². The zero-order valence-electron chi connectivity index (χ0n) is 29.9. The van der Waals surface area contributed by atoms with Crippen LogP contribution in [0.4, 0.5) is 5.69 Å². The number of amides is 5. The second-order valence-corrected chi connectivity index (χ2v) is 15.4. The number of fused-ring (bicyclic) bond motifs is 1. The minimum atomic E-state index is -4.27. The largest absolute Gasteiger partial charge is 0.378 e. The van der Waals surface area contributed by atoms with Gasteiger partial charge in [-0.15, -0.1) is 0 Å². The fourth-order valence-electron chi connectivity index (χ4n) is 6.55. The first-order chi connectivity index (χ1) is 24.5. The quantitative estimate of drug-likeness (QED) is 0.0791. The van der Waals surface area contributed by atoms with Crippen LogP contribution < -0.4 is 31.9 Å². The van der Waals surface area contributed by atoms with Gasteiger partial charge >= 0.3 is 7.60 Å². The molecule has 0 spiro atoms. The Bertz CT molecular complexity index is 1800. The molecule has 1 aliphatic rings. The average molecular weight is 740 g/mol. The van der Waals surface area contributed by atoms with Crippen molar-refractivity contribution in [1.82, 2.24) is 25.8 Å². The van der Waals surface area contributed by atoms with Gasteiger partial charge in [0.25, 0.3) is 0 Å². The highest BCUT2D eigenvalue weighted by atomic mass is 31.2. The lowest BCUT2D eigenvalue weighted by atomic mass is 9.80. The summed E-state index contributed by atoms with van der Waals surface area (Å²) in [5.41, 5.74) is 7.25. The Balaban J connectivity index is 1.41.